The second kappa shape index (κ2) is 7.63. The lowest BCUT2D eigenvalue weighted by Crippen LogP contribution is -1.93. The van der Waals surface area contributed by atoms with Gasteiger partial charge in [-0.25, -0.2) is 4.98 Å². The Kier molecular flexibility index (Phi) is 5.02. The van der Waals surface area contributed by atoms with Crippen LogP contribution in [0.15, 0.2) is 58.0 Å². The normalized spacial score (nSPS) is 12.2. The van der Waals surface area contributed by atoms with Gasteiger partial charge in [-0.1, -0.05) is 30.0 Å². The van der Waals surface area contributed by atoms with Gasteiger partial charge >= 0.3 is 0 Å². The van der Waals surface area contributed by atoms with Crippen LogP contribution < -0.4 is 0 Å². The zero-order valence-electron chi connectivity index (χ0n) is 16.1. The molecule has 2 heterocycles. The van der Waals surface area contributed by atoms with Crippen molar-refractivity contribution in [3.63, 3.8) is 0 Å². The highest BCUT2D eigenvalue weighted by Crippen LogP contribution is 2.36. The number of para-hydroxylation sites is 1. The number of rotatable bonds is 5. The number of aromatic nitrogens is 3. The molecule has 0 saturated carbocycles. The van der Waals surface area contributed by atoms with Crippen molar-refractivity contribution >= 4 is 28.4 Å². The largest absolute Gasteiger partial charge is 0.419 e. The maximum atomic E-state index is 10.8. The maximum absolute atomic E-state index is 10.8. The standard InChI is InChI=1S/C21H18N4O3S/c1-12-5-4-6-17-13(2)11-18(22-19(12)17)29-14(3)20-23-24-21(28-20)15-7-9-16(10-8-15)25(26)27/h4-11,14H,1-3H3/t14-/m1/s1. The number of pyridine rings is 1. The number of hydrogen-bond donors (Lipinski definition) is 0. The molecule has 2 aromatic carbocycles. The van der Waals surface area contributed by atoms with Crippen molar-refractivity contribution in [3.05, 3.63) is 75.7 Å². The summed E-state index contributed by atoms with van der Waals surface area (Å²) in [4.78, 5) is 15.1. The van der Waals surface area contributed by atoms with E-state index >= 15 is 0 Å². The van der Waals surface area contributed by atoms with E-state index in [0.29, 0.717) is 17.3 Å². The van der Waals surface area contributed by atoms with Crippen LogP contribution in [0.5, 0.6) is 0 Å². The van der Waals surface area contributed by atoms with Gasteiger partial charge in [-0.05, 0) is 50.1 Å². The van der Waals surface area contributed by atoms with E-state index in [1.165, 1.54) is 17.7 Å². The molecule has 0 radical (unpaired) electrons. The molecule has 0 spiro atoms. The van der Waals surface area contributed by atoms with Crippen molar-refractivity contribution in [2.75, 3.05) is 0 Å². The van der Waals surface area contributed by atoms with E-state index in [0.717, 1.165) is 21.5 Å². The molecular weight excluding hydrogens is 388 g/mol. The summed E-state index contributed by atoms with van der Waals surface area (Å²) in [5.41, 5.74) is 3.97. The Morgan fingerprint density at radius 1 is 1.07 bits per heavy atom. The maximum Gasteiger partial charge on any atom is 0.269 e. The Bertz CT molecular complexity index is 1200. The molecule has 4 aromatic rings. The van der Waals surface area contributed by atoms with Gasteiger partial charge in [0.05, 0.1) is 20.7 Å². The topological polar surface area (TPSA) is 95.0 Å². The number of nitro benzene ring substituents is 1. The first-order valence-corrected chi connectivity index (χ1v) is 9.92. The van der Waals surface area contributed by atoms with Gasteiger partial charge in [0.15, 0.2) is 0 Å². The third kappa shape index (κ3) is 3.84. The molecule has 0 aliphatic carbocycles. The number of hydrogen-bond acceptors (Lipinski definition) is 7. The molecule has 0 aliphatic rings. The van der Waals surface area contributed by atoms with Crippen LogP contribution in [-0.2, 0) is 0 Å². The van der Waals surface area contributed by atoms with Crippen LogP contribution in [0.2, 0.25) is 0 Å². The molecule has 0 amide bonds. The molecule has 0 N–H and O–H groups in total. The number of aryl methyl sites for hydroxylation is 2. The monoisotopic (exact) mass is 406 g/mol. The van der Waals surface area contributed by atoms with E-state index in [4.69, 9.17) is 9.40 Å². The molecule has 146 valence electrons. The van der Waals surface area contributed by atoms with Crippen LogP contribution in [0.1, 0.15) is 29.2 Å². The zero-order chi connectivity index (χ0) is 20.5. The lowest BCUT2D eigenvalue weighted by molar-refractivity contribution is -0.384. The third-order valence-corrected chi connectivity index (χ3v) is 5.64. The summed E-state index contributed by atoms with van der Waals surface area (Å²) in [6, 6.07) is 14.3. The van der Waals surface area contributed by atoms with E-state index in [9.17, 15) is 10.1 Å². The minimum atomic E-state index is -0.442. The molecule has 2 aromatic heterocycles. The first-order valence-electron chi connectivity index (χ1n) is 9.04. The number of non-ortho nitro benzene ring substituents is 1. The van der Waals surface area contributed by atoms with Crippen LogP contribution >= 0.6 is 11.8 Å². The summed E-state index contributed by atoms with van der Waals surface area (Å²) in [7, 11) is 0. The van der Waals surface area contributed by atoms with Gasteiger partial charge < -0.3 is 4.42 Å². The quantitative estimate of drug-likeness (QED) is 0.240. The summed E-state index contributed by atoms with van der Waals surface area (Å²) in [6.45, 7) is 6.12. The van der Waals surface area contributed by atoms with Gasteiger partial charge in [0, 0.05) is 23.1 Å². The highest BCUT2D eigenvalue weighted by molar-refractivity contribution is 7.99. The van der Waals surface area contributed by atoms with Crippen molar-refractivity contribution in [1.82, 2.24) is 15.2 Å². The Labute approximate surface area is 171 Å². The average Bonchev–Trinajstić information content (AvgIpc) is 3.19. The van der Waals surface area contributed by atoms with E-state index in [1.807, 2.05) is 13.0 Å². The van der Waals surface area contributed by atoms with Gasteiger partial charge in [-0.2, -0.15) is 0 Å². The van der Waals surface area contributed by atoms with Gasteiger partial charge in [0.1, 0.15) is 0 Å². The van der Waals surface area contributed by atoms with E-state index < -0.39 is 4.92 Å². The number of nitro groups is 1. The molecule has 7 nitrogen and oxygen atoms in total. The molecule has 29 heavy (non-hydrogen) atoms. The van der Waals surface area contributed by atoms with Crippen LogP contribution in [0.3, 0.4) is 0 Å². The van der Waals surface area contributed by atoms with Crippen molar-refractivity contribution in [3.8, 4) is 11.5 Å². The number of benzene rings is 2. The van der Waals surface area contributed by atoms with E-state index in [1.54, 1.807) is 23.9 Å². The average molecular weight is 406 g/mol. The fourth-order valence-corrected chi connectivity index (χ4v) is 4.01. The SMILES string of the molecule is Cc1cc(S[C@H](C)c2nnc(-c3ccc([N+](=O)[O-])cc3)o2)nc2c(C)cccc12. The summed E-state index contributed by atoms with van der Waals surface area (Å²) in [5.74, 6) is 0.813. The smallest absolute Gasteiger partial charge is 0.269 e. The summed E-state index contributed by atoms with van der Waals surface area (Å²) in [6.07, 6.45) is 0. The lowest BCUT2D eigenvalue weighted by atomic mass is 10.1. The van der Waals surface area contributed by atoms with Crippen LogP contribution in [-0.4, -0.2) is 20.1 Å². The van der Waals surface area contributed by atoms with Crippen LogP contribution in [0, 0.1) is 24.0 Å². The molecule has 0 saturated heterocycles. The highest BCUT2D eigenvalue weighted by atomic mass is 32.2. The molecule has 0 unspecified atom stereocenters. The van der Waals surface area contributed by atoms with Crippen molar-refractivity contribution in [1.29, 1.82) is 0 Å². The minimum Gasteiger partial charge on any atom is -0.419 e. The molecule has 1 atom stereocenters. The third-order valence-electron chi connectivity index (χ3n) is 4.64. The lowest BCUT2D eigenvalue weighted by Gasteiger charge is -2.10. The second-order valence-corrected chi connectivity index (χ2v) is 8.12. The summed E-state index contributed by atoms with van der Waals surface area (Å²) in [5, 5.41) is 21.0. The Morgan fingerprint density at radius 2 is 1.83 bits per heavy atom. The van der Waals surface area contributed by atoms with Crippen molar-refractivity contribution < 1.29 is 9.34 Å². The summed E-state index contributed by atoms with van der Waals surface area (Å²) < 4.78 is 5.80. The Hall–Kier alpha value is -3.26. The molecule has 4 rings (SSSR count). The van der Waals surface area contributed by atoms with Crippen LogP contribution in [0.4, 0.5) is 5.69 Å². The molecular formula is C21H18N4O3S. The van der Waals surface area contributed by atoms with E-state index in [-0.39, 0.29) is 10.9 Å². The minimum absolute atomic E-state index is 0.0189. The Balaban J connectivity index is 1.57. The van der Waals surface area contributed by atoms with Crippen molar-refractivity contribution in [2.24, 2.45) is 0 Å². The zero-order valence-corrected chi connectivity index (χ0v) is 16.9. The van der Waals surface area contributed by atoms with Gasteiger partial charge in [0.2, 0.25) is 11.8 Å². The second-order valence-electron chi connectivity index (χ2n) is 6.76. The van der Waals surface area contributed by atoms with E-state index in [2.05, 4.69) is 42.2 Å². The predicted molar refractivity (Wildman–Crippen MR) is 112 cm³/mol. The number of thioether (sulfide) groups is 1. The van der Waals surface area contributed by atoms with Gasteiger partial charge in [-0.3, -0.25) is 10.1 Å². The van der Waals surface area contributed by atoms with Crippen LogP contribution in [0.25, 0.3) is 22.4 Å². The predicted octanol–water partition coefficient (Wildman–Crippen LogP) is 5.66. The van der Waals surface area contributed by atoms with Crippen molar-refractivity contribution in [2.45, 2.75) is 31.0 Å². The molecule has 0 fully saturated rings. The number of nitrogens with zero attached hydrogens (tertiary/aromatic N) is 4. The van der Waals surface area contributed by atoms with Gasteiger partial charge in [-0.15, -0.1) is 10.2 Å². The fraction of sp³-hybridized carbons (Fsp3) is 0.190. The number of fused-ring (bicyclic) bond motifs is 1. The first kappa shape index (κ1) is 19.1. The molecule has 8 heteroatoms. The highest BCUT2D eigenvalue weighted by Gasteiger charge is 2.18. The first-order chi connectivity index (χ1) is 13.9. The molecule has 0 bridgehead atoms. The summed E-state index contributed by atoms with van der Waals surface area (Å²) >= 11 is 1.55. The molecule has 0 aliphatic heterocycles. The fourth-order valence-electron chi connectivity index (χ4n) is 3.06. The van der Waals surface area contributed by atoms with Gasteiger partial charge in [0.25, 0.3) is 5.69 Å². The Morgan fingerprint density at radius 3 is 2.55 bits per heavy atom.